The monoisotopic (exact) mass is 236 g/mol. The van der Waals surface area contributed by atoms with Crippen LogP contribution >= 0.6 is 0 Å². The van der Waals surface area contributed by atoms with Crippen molar-refractivity contribution in [3.63, 3.8) is 0 Å². The average molecular weight is 236 g/mol. The largest absolute Gasteiger partial charge is 0.381 e. The number of nitrogens with zero attached hydrogens (tertiary/aromatic N) is 2. The summed E-state index contributed by atoms with van der Waals surface area (Å²) in [5.41, 5.74) is 1.64. The molecule has 1 aromatic heterocycles. The molecule has 0 radical (unpaired) electrons. The zero-order valence-electron chi connectivity index (χ0n) is 10.6. The fourth-order valence-electron chi connectivity index (χ4n) is 2.12. The Morgan fingerprint density at radius 2 is 2.47 bits per heavy atom. The van der Waals surface area contributed by atoms with Crippen LogP contribution in [0.5, 0.6) is 0 Å². The predicted octanol–water partition coefficient (Wildman–Crippen LogP) is 2.25. The number of rotatable bonds is 5. The van der Waals surface area contributed by atoms with Crippen LogP contribution in [0.25, 0.3) is 0 Å². The number of hydrogen-bond acceptors (Lipinski definition) is 3. The summed E-state index contributed by atoms with van der Waals surface area (Å²) >= 11 is 0. The molecule has 17 heavy (non-hydrogen) atoms. The molecule has 0 saturated carbocycles. The Bertz CT molecular complexity index is 379. The smallest absolute Gasteiger partial charge is 0.153 e. The normalized spacial score (nSPS) is 20.1. The lowest BCUT2D eigenvalue weighted by Gasteiger charge is -2.05. The first-order valence-electron chi connectivity index (χ1n) is 6.31. The van der Waals surface area contributed by atoms with Gasteiger partial charge in [0.2, 0.25) is 0 Å². The molecule has 2 heterocycles. The van der Waals surface area contributed by atoms with E-state index in [-0.39, 0.29) is 0 Å². The lowest BCUT2D eigenvalue weighted by Crippen LogP contribution is -2.05. The summed E-state index contributed by atoms with van der Waals surface area (Å²) in [4.78, 5) is 11.0. The number of aldehydes is 1. The summed E-state index contributed by atoms with van der Waals surface area (Å²) in [6, 6.07) is 0. The predicted molar refractivity (Wildman–Crippen MR) is 65.2 cm³/mol. The SMILES string of the molecule is CC(C)CCn1cc(C=O)c(C2CCOC2)n1. The molecule has 1 aliphatic heterocycles. The van der Waals surface area contributed by atoms with E-state index in [0.29, 0.717) is 18.4 Å². The molecule has 0 spiro atoms. The minimum absolute atomic E-state index is 0.301. The summed E-state index contributed by atoms with van der Waals surface area (Å²) in [5, 5.41) is 4.54. The maximum Gasteiger partial charge on any atom is 0.153 e. The van der Waals surface area contributed by atoms with Crippen molar-refractivity contribution in [1.29, 1.82) is 0 Å². The molecular weight excluding hydrogens is 216 g/mol. The Labute approximate surface area is 102 Å². The van der Waals surface area contributed by atoms with Gasteiger partial charge in [0.05, 0.1) is 17.9 Å². The fourth-order valence-corrected chi connectivity index (χ4v) is 2.12. The summed E-state index contributed by atoms with van der Waals surface area (Å²) in [7, 11) is 0. The van der Waals surface area contributed by atoms with Crippen molar-refractivity contribution in [3.05, 3.63) is 17.5 Å². The third-order valence-electron chi connectivity index (χ3n) is 3.20. The molecule has 1 aliphatic rings. The van der Waals surface area contributed by atoms with Crippen molar-refractivity contribution >= 4 is 6.29 Å². The standard InChI is InChI=1S/C13H20N2O2/c1-10(2)3-5-15-7-12(8-16)13(14-15)11-4-6-17-9-11/h7-8,10-11H,3-6,9H2,1-2H3. The molecule has 4 heteroatoms. The van der Waals surface area contributed by atoms with E-state index in [0.717, 1.165) is 43.5 Å². The van der Waals surface area contributed by atoms with Crippen LogP contribution in [0.3, 0.4) is 0 Å². The van der Waals surface area contributed by atoms with Gasteiger partial charge in [-0.25, -0.2) is 0 Å². The highest BCUT2D eigenvalue weighted by molar-refractivity contribution is 5.76. The van der Waals surface area contributed by atoms with Gasteiger partial charge in [-0.2, -0.15) is 5.10 Å². The van der Waals surface area contributed by atoms with Gasteiger partial charge in [-0.1, -0.05) is 13.8 Å². The van der Waals surface area contributed by atoms with Gasteiger partial charge in [-0.05, 0) is 18.8 Å². The zero-order valence-corrected chi connectivity index (χ0v) is 10.6. The van der Waals surface area contributed by atoms with Crippen LogP contribution in [0.1, 0.15) is 48.7 Å². The molecule has 0 aliphatic carbocycles. The Morgan fingerprint density at radius 1 is 1.65 bits per heavy atom. The second-order valence-corrected chi connectivity index (χ2v) is 5.09. The molecule has 0 bridgehead atoms. The van der Waals surface area contributed by atoms with Gasteiger partial charge in [-0.15, -0.1) is 0 Å². The van der Waals surface area contributed by atoms with Crippen LogP contribution < -0.4 is 0 Å². The molecule has 1 fully saturated rings. The minimum Gasteiger partial charge on any atom is -0.381 e. The van der Waals surface area contributed by atoms with E-state index in [1.165, 1.54) is 0 Å². The van der Waals surface area contributed by atoms with Gasteiger partial charge in [0, 0.05) is 25.3 Å². The Morgan fingerprint density at radius 3 is 3.06 bits per heavy atom. The maximum absolute atomic E-state index is 11.0. The summed E-state index contributed by atoms with van der Waals surface area (Å²) in [5.74, 6) is 0.952. The summed E-state index contributed by atoms with van der Waals surface area (Å²) < 4.78 is 7.25. The number of carbonyl (C=O) groups is 1. The highest BCUT2D eigenvalue weighted by atomic mass is 16.5. The molecule has 94 valence electrons. The van der Waals surface area contributed by atoms with Gasteiger partial charge in [0.1, 0.15) is 0 Å². The first kappa shape index (κ1) is 12.3. The fraction of sp³-hybridized carbons (Fsp3) is 0.692. The van der Waals surface area contributed by atoms with Gasteiger partial charge in [-0.3, -0.25) is 9.48 Å². The molecular formula is C13H20N2O2. The van der Waals surface area contributed by atoms with E-state index < -0.39 is 0 Å². The van der Waals surface area contributed by atoms with Crippen molar-refractivity contribution in [3.8, 4) is 0 Å². The Hall–Kier alpha value is -1.16. The van der Waals surface area contributed by atoms with E-state index >= 15 is 0 Å². The van der Waals surface area contributed by atoms with Crippen LogP contribution in [-0.4, -0.2) is 29.3 Å². The number of hydrogen-bond donors (Lipinski definition) is 0. The molecule has 1 aromatic rings. The van der Waals surface area contributed by atoms with Crippen LogP contribution in [0.4, 0.5) is 0 Å². The van der Waals surface area contributed by atoms with E-state index in [1.807, 2.05) is 10.9 Å². The van der Waals surface area contributed by atoms with Gasteiger partial charge in [0.15, 0.2) is 6.29 Å². The van der Waals surface area contributed by atoms with E-state index in [4.69, 9.17) is 4.74 Å². The number of aryl methyl sites for hydroxylation is 1. The number of ether oxygens (including phenoxy) is 1. The highest BCUT2D eigenvalue weighted by Crippen LogP contribution is 2.26. The molecule has 1 saturated heterocycles. The molecule has 0 N–H and O–H groups in total. The van der Waals surface area contributed by atoms with Gasteiger partial charge >= 0.3 is 0 Å². The molecule has 1 atom stereocenters. The third-order valence-corrected chi connectivity index (χ3v) is 3.20. The molecule has 4 nitrogen and oxygen atoms in total. The first-order valence-corrected chi connectivity index (χ1v) is 6.31. The Balaban J connectivity index is 2.11. The van der Waals surface area contributed by atoms with Crippen molar-refractivity contribution < 1.29 is 9.53 Å². The average Bonchev–Trinajstić information content (AvgIpc) is 2.94. The molecule has 0 aromatic carbocycles. The van der Waals surface area contributed by atoms with Crippen LogP contribution in [0.15, 0.2) is 6.20 Å². The topological polar surface area (TPSA) is 44.1 Å². The Kier molecular flexibility index (Phi) is 3.94. The highest BCUT2D eigenvalue weighted by Gasteiger charge is 2.23. The van der Waals surface area contributed by atoms with Gasteiger partial charge in [0.25, 0.3) is 0 Å². The second kappa shape index (κ2) is 5.45. The molecule has 1 unspecified atom stereocenters. The van der Waals surface area contributed by atoms with E-state index in [2.05, 4.69) is 18.9 Å². The molecule has 0 amide bonds. The van der Waals surface area contributed by atoms with Crippen molar-refractivity contribution in [2.75, 3.05) is 13.2 Å². The van der Waals surface area contributed by atoms with Crippen LogP contribution in [0, 0.1) is 5.92 Å². The van der Waals surface area contributed by atoms with Gasteiger partial charge < -0.3 is 4.74 Å². The third kappa shape index (κ3) is 2.94. The van der Waals surface area contributed by atoms with Crippen molar-refractivity contribution in [2.24, 2.45) is 5.92 Å². The van der Waals surface area contributed by atoms with E-state index in [9.17, 15) is 4.79 Å². The van der Waals surface area contributed by atoms with E-state index in [1.54, 1.807) is 0 Å². The zero-order chi connectivity index (χ0) is 12.3. The van der Waals surface area contributed by atoms with Crippen molar-refractivity contribution in [2.45, 2.75) is 39.2 Å². The quantitative estimate of drug-likeness (QED) is 0.736. The minimum atomic E-state index is 0.301. The first-order chi connectivity index (χ1) is 8.20. The van der Waals surface area contributed by atoms with Crippen LogP contribution in [-0.2, 0) is 11.3 Å². The summed E-state index contributed by atoms with van der Waals surface area (Å²) in [6.45, 7) is 6.74. The maximum atomic E-state index is 11.0. The lowest BCUT2D eigenvalue weighted by atomic mass is 10.0. The second-order valence-electron chi connectivity index (χ2n) is 5.09. The van der Waals surface area contributed by atoms with Crippen molar-refractivity contribution in [1.82, 2.24) is 9.78 Å². The molecule has 2 rings (SSSR count). The number of carbonyl (C=O) groups excluding carboxylic acids is 1. The summed E-state index contributed by atoms with van der Waals surface area (Å²) in [6.07, 6.45) is 4.83. The lowest BCUT2D eigenvalue weighted by molar-refractivity contribution is 0.112. The van der Waals surface area contributed by atoms with Crippen LogP contribution in [0.2, 0.25) is 0 Å². The number of aromatic nitrogens is 2.